The Kier molecular flexibility index (Phi) is 3.30. The Bertz CT molecular complexity index is 529. The Morgan fingerprint density at radius 3 is 3.00 bits per heavy atom. The first-order chi connectivity index (χ1) is 8.22. The molecule has 1 N–H and O–H groups in total. The number of rotatable bonds is 4. The average Bonchev–Trinajstić information content (AvgIpc) is 2.71. The number of carbonyl (C=O) groups is 1. The predicted molar refractivity (Wildman–Crippen MR) is 59.4 cm³/mol. The van der Waals surface area contributed by atoms with Crippen molar-refractivity contribution in [1.29, 1.82) is 0 Å². The van der Waals surface area contributed by atoms with Gasteiger partial charge in [-0.25, -0.2) is 4.79 Å². The zero-order valence-electron chi connectivity index (χ0n) is 9.30. The van der Waals surface area contributed by atoms with E-state index in [1.54, 1.807) is 18.4 Å². The molecule has 1 aromatic carbocycles. The highest BCUT2D eigenvalue weighted by atomic mass is 17.2. The van der Waals surface area contributed by atoms with Crippen molar-refractivity contribution < 1.29 is 24.1 Å². The second-order valence-electron chi connectivity index (χ2n) is 3.53. The van der Waals surface area contributed by atoms with Gasteiger partial charge in [0, 0.05) is 24.5 Å². The molecular formula is C12H12O5. The van der Waals surface area contributed by atoms with Gasteiger partial charge in [-0.05, 0) is 12.5 Å². The van der Waals surface area contributed by atoms with Gasteiger partial charge in [-0.2, -0.15) is 0 Å². The molecular weight excluding hydrogens is 224 g/mol. The minimum atomic E-state index is -0.538. The number of aliphatic hydroxyl groups is 1. The molecule has 0 aliphatic carbocycles. The normalized spacial score (nSPS) is 10.5. The van der Waals surface area contributed by atoms with Crippen molar-refractivity contribution in [2.75, 3.05) is 6.61 Å². The maximum Gasteiger partial charge on any atom is 0.352 e. The van der Waals surface area contributed by atoms with Crippen LogP contribution in [-0.4, -0.2) is 17.7 Å². The summed E-state index contributed by atoms with van der Waals surface area (Å²) in [5.74, 6) is -0.203. The summed E-state index contributed by atoms with van der Waals surface area (Å²) >= 11 is 0. The largest absolute Gasteiger partial charge is 0.460 e. The van der Waals surface area contributed by atoms with Crippen molar-refractivity contribution >= 4 is 16.9 Å². The van der Waals surface area contributed by atoms with Crippen LogP contribution in [0.3, 0.4) is 0 Å². The van der Waals surface area contributed by atoms with Crippen molar-refractivity contribution in [3.05, 3.63) is 30.0 Å². The van der Waals surface area contributed by atoms with E-state index >= 15 is 0 Å². The molecule has 2 aromatic rings. The number of hydrogen-bond acceptors (Lipinski definition) is 5. The van der Waals surface area contributed by atoms with Crippen molar-refractivity contribution in [3.8, 4) is 5.75 Å². The van der Waals surface area contributed by atoms with E-state index in [-0.39, 0.29) is 6.61 Å². The molecule has 0 bridgehead atoms. The summed E-state index contributed by atoms with van der Waals surface area (Å²) in [6.45, 7) is 1.29. The van der Waals surface area contributed by atoms with Gasteiger partial charge in [0.1, 0.15) is 0 Å². The number of benzene rings is 1. The van der Waals surface area contributed by atoms with Gasteiger partial charge in [0.05, 0.1) is 6.26 Å². The summed E-state index contributed by atoms with van der Waals surface area (Å²) in [5, 5.41) is 9.74. The summed E-state index contributed by atoms with van der Waals surface area (Å²) in [7, 11) is 0. The number of fused-ring (bicyclic) bond motifs is 1. The summed E-state index contributed by atoms with van der Waals surface area (Å²) in [5.41, 5.74) is 1.38. The molecule has 0 unspecified atom stereocenters. The van der Waals surface area contributed by atoms with E-state index in [4.69, 9.17) is 14.4 Å². The van der Waals surface area contributed by atoms with Crippen LogP contribution in [0, 0.1) is 0 Å². The molecule has 0 saturated carbocycles. The van der Waals surface area contributed by atoms with E-state index in [1.165, 1.54) is 6.92 Å². The lowest BCUT2D eigenvalue weighted by Gasteiger charge is -2.02. The van der Waals surface area contributed by atoms with Crippen LogP contribution < -0.4 is 4.89 Å². The SMILES string of the molecule is CC(=O)OOc1cccc2c(CCO)coc12. The van der Waals surface area contributed by atoms with E-state index in [2.05, 4.69) is 4.89 Å². The lowest BCUT2D eigenvalue weighted by atomic mass is 10.1. The molecule has 1 heterocycles. The Morgan fingerprint density at radius 1 is 1.47 bits per heavy atom. The number of hydrogen-bond donors (Lipinski definition) is 1. The molecule has 5 nitrogen and oxygen atoms in total. The molecule has 0 aliphatic rings. The molecule has 0 radical (unpaired) electrons. The van der Waals surface area contributed by atoms with Gasteiger partial charge in [0.25, 0.3) is 0 Å². The molecule has 0 spiro atoms. The molecule has 0 amide bonds. The first-order valence-corrected chi connectivity index (χ1v) is 5.17. The Morgan fingerprint density at radius 2 is 2.29 bits per heavy atom. The topological polar surface area (TPSA) is 68.9 Å². The predicted octanol–water partition coefficient (Wildman–Crippen LogP) is 1.82. The van der Waals surface area contributed by atoms with Crippen molar-refractivity contribution in [3.63, 3.8) is 0 Å². The van der Waals surface area contributed by atoms with Gasteiger partial charge >= 0.3 is 5.97 Å². The fraction of sp³-hybridized carbons (Fsp3) is 0.250. The van der Waals surface area contributed by atoms with E-state index < -0.39 is 5.97 Å². The van der Waals surface area contributed by atoms with Crippen LogP contribution in [0.1, 0.15) is 12.5 Å². The average molecular weight is 236 g/mol. The summed E-state index contributed by atoms with van der Waals surface area (Å²) < 4.78 is 5.34. The van der Waals surface area contributed by atoms with Crippen LogP contribution in [0.2, 0.25) is 0 Å². The lowest BCUT2D eigenvalue weighted by molar-refractivity contribution is -0.210. The van der Waals surface area contributed by atoms with E-state index in [0.717, 1.165) is 10.9 Å². The molecule has 90 valence electrons. The minimum absolute atomic E-state index is 0.0453. The third-order valence-corrected chi connectivity index (χ3v) is 2.27. The van der Waals surface area contributed by atoms with Gasteiger partial charge in [-0.3, -0.25) is 9.78 Å². The zero-order chi connectivity index (χ0) is 12.3. The fourth-order valence-electron chi connectivity index (χ4n) is 1.57. The van der Waals surface area contributed by atoms with Crippen LogP contribution >= 0.6 is 0 Å². The molecule has 2 rings (SSSR count). The molecule has 0 atom stereocenters. The molecule has 0 fully saturated rings. The second kappa shape index (κ2) is 4.88. The smallest absolute Gasteiger partial charge is 0.352 e. The van der Waals surface area contributed by atoms with Crippen molar-refractivity contribution in [2.45, 2.75) is 13.3 Å². The second-order valence-corrected chi connectivity index (χ2v) is 3.53. The Hall–Kier alpha value is -2.01. The third kappa shape index (κ3) is 2.39. The number of furan rings is 1. The van der Waals surface area contributed by atoms with Gasteiger partial charge < -0.3 is 9.52 Å². The molecule has 1 aromatic heterocycles. The Labute approximate surface area is 97.5 Å². The van der Waals surface area contributed by atoms with Gasteiger partial charge in [-0.15, -0.1) is 0 Å². The summed E-state index contributed by atoms with van der Waals surface area (Å²) in [6.07, 6.45) is 2.06. The van der Waals surface area contributed by atoms with E-state index in [1.807, 2.05) is 6.07 Å². The maximum atomic E-state index is 10.6. The highest BCUT2D eigenvalue weighted by Crippen LogP contribution is 2.30. The Balaban J connectivity index is 2.34. The zero-order valence-corrected chi connectivity index (χ0v) is 9.30. The van der Waals surface area contributed by atoms with Crippen LogP contribution in [0.4, 0.5) is 0 Å². The van der Waals surface area contributed by atoms with E-state index in [9.17, 15) is 4.79 Å². The molecule has 5 heteroatoms. The molecule has 17 heavy (non-hydrogen) atoms. The minimum Gasteiger partial charge on any atom is -0.460 e. The van der Waals surface area contributed by atoms with Crippen LogP contribution in [-0.2, 0) is 16.1 Å². The number of aliphatic hydroxyl groups excluding tert-OH is 1. The summed E-state index contributed by atoms with van der Waals surface area (Å²) in [6, 6.07) is 5.25. The highest BCUT2D eigenvalue weighted by Gasteiger charge is 2.11. The maximum absolute atomic E-state index is 10.6. The molecule has 0 saturated heterocycles. The standard InChI is InChI=1S/C12H12O5/c1-8(14)16-17-11-4-2-3-10-9(5-6-13)7-15-12(10)11/h2-4,7,13H,5-6H2,1H3. The van der Waals surface area contributed by atoms with Gasteiger partial charge in [0.2, 0.25) is 5.75 Å². The number of para-hydroxylation sites is 1. The van der Waals surface area contributed by atoms with Gasteiger partial charge in [0.15, 0.2) is 5.58 Å². The van der Waals surface area contributed by atoms with Crippen molar-refractivity contribution in [2.24, 2.45) is 0 Å². The quantitative estimate of drug-likeness (QED) is 0.647. The third-order valence-electron chi connectivity index (χ3n) is 2.27. The number of carbonyl (C=O) groups excluding carboxylic acids is 1. The lowest BCUT2D eigenvalue weighted by Crippen LogP contribution is -2.02. The van der Waals surface area contributed by atoms with Crippen molar-refractivity contribution in [1.82, 2.24) is 0 Å². The van der Waals surface area contributed by atoms with Gasteiger partial charge in [-0.1, -0.05) is 12.1 Å². The van der Waals surface area contributed by atoms with Crippen LogP contribution in [0.15, 0.2) is 28.9 Å². The summed E-state index contributed by atoms with van der Waals surface area (Å²) in [4.78, 5) is 20.0. The first-order valence-electron chi connectivity index (χ1n) is 5.17. The molecule has 0 aliphatic heterocycles. The first kappa shape index (κ1) is 11.5. The van der Waals surface area contributed by atoms with Crippen LogP contribution in [0.5, 0.6) is 5.75 Å². The van der Waals surface area contributed by atoms with E-state index in [0.29, 0.717) is 17.8 Å². The van der Waals surface area contributed by atoms with Crippen LogP contribution in [0.25, 0.3) is 11.0 Å². The monoisotopic (exact) mass is 236 g/mol. The fourth-order valence-corrected chi connectivity index (χ4v) is 1.57. The highest BCUT2D eigenvalue weighted by molar-refractivity contribution is 5.86.